The van der Waals surface area contributed by atoms with Gasteiger partial charge in [0.05, 0.1) is 4.92 Å². The Morgan fingerprint density at radius 3 is 2.57 bits per heavy atom. The summed E-state index contributed by atoms with van der Waals surface area (Å²) in [5, 5.41) is 12.3. The van der Waals surface area contributed by atoms with E-state index in [9.17, 15) is 10.1 Å². The van der Waals surface area contributed by atoms with Crippen LogP contribution in [-0.4, -0.2) is 4.92 Å². The Bertz CT molecular complexity index is 679. The summed E-state index contributed by atoms with van der Waals surface area (Å²) in [5.74, 6) is 0.563. The predicted molar refractivity (Wildman–Crippen MR) is 86.5 cm³/mol. The summed E-state index contributed by atoms with van der Waals surface area (Å²) in [7, 11) is 0. The third-order valence-electron chi connectivity index (χ3n) is 2.79. The fourth-order valence-electron chi connectivity index (χ4n) is 1.73. The van der Waals surface area contributed by atoms with Crippen molar-refractivity contribution in [1.29, 1.82) is 0 Å². The molecule has 7 heteroatoms. The van der Waals surface area contributed by atoms with E-state index in [0.717, 1.165) is 5.56 Å². The molecule has 0 fully saturated rings. The Labute approximate surface area is 139 Å². The van der Waals surface area contributed by atoms with Crippen LogP contribution in [0.4, 0.5) is 5.69 Å². The Morgan fingerprint density at radius 1 is 1.14 bits per heavy atom. The van der Waals surface area contributed by atoms with Gasteiger partial charge in [-0.15, -0.1) is 0 Å². The SMILES string of the molecule is O=[N+]([O-])c1ccc(OCc2cc(Cl)ccc2Cl)c(CBr)c1. The molecule has 0 aliphatic heterocycles. The number of nitro benzene ring substituents is 1. The van der Waals surface area contributed by atoms with Crippen molar-refractivity contribution in [3.05, 3.63) is 67.7 Å². The van der Waals surface area contributed by atoms with Crippen molar-refractivity contribution in [2.75, 3.05) is 0 Å². The van der Waals surface area contributed by atoms with Crippen LogP contribution in [0, 0.1) is 10.1 Å². The van der Waals surface area contributed by atoms with Crippen LogP contribution in [0.15, 0.2) is 36.4 Å². The molecule has 0 saturated carbocycles. The van der Waals surface area contributed by atoms with Crippen LogP contribution in [0.3, 0.4) is 0 Å². The highest BCUT2D eigenvalue weighted by Gasteiger charge is 2.12. The maximum atomic E-state index is 10.8. The van der Waals surface area contributed by atoms with Gasteiger partial charge in [-0.3, -0.25) is 10.1 Å². The Morgan fingerprint density at radius 2 is 1.90 bits per heavy atom. The van der Waals surface area contributed by atoms with E-state index in [1.165, 1.54) is 12.1 Å². The summed E-state index contributed by atoms with van der Waals surface area (Å²) in [5.41, 5.74) is 1.47. The van der Waals surface area contributed by atoms with Crippen molar-refractivity contribution in [2.24, 2.45) is 0 Å². The lowest BCUT2D eigenvalue weighted by Gasteiger charge is -2.11. The second kappa shape index (κ2) is 7.11. The average Bonchev–Trinajstić information content (AvgIpc) is 2.47. The summed E-state index contributed by atoms with van der Waals surface area (Å²) in [4.78, 5) is 10.3. The lowest BCUT2D eigenvalue weighted by molar-refractivity contribution is -0.384. The van der Waals surface area contributed by atoms with E-state index in [-0.39, 0.29) is 12.3 Å². The first-order valence-corrected chi connectivity index (χ1v) is 7.79. The number of halogens is 3. The van der Waals surface area contributed by atoms with Crippen molar-refractivity contribution in [2.45, 2.75) is 11.9 Å². The quantitative estimate of drug-likeness (QED) is 0.391. The standard InChI is InChI=1S/C14H10BrCl2NO3/c15-7-9-6-12(18(19)20)2-4-14(9)21-8-10-5-11(16)1-3-13(10)17/h1-6H,7-8H2. The van der Waals surface area contributed by atoms with E-state index in [4.69, 9.17) is 27.9 Å². The third-order valence-corrected chi connectivity index (χ3v) is 4.00. The van der Waals surface area contributed by atoms with Crippen LogP contribution >= 0.6 is 39.1 Å². The number of nitro groups is 1. The minimum atomic E-state index is -0.441. The molecule has 0 saturated heterocycles. The summed E-state index contributed by atoms with van der Waals surface area (Å²) >= 11 is 15.3. The monoisotopic (exact) mass is 389 g/mol. The van der Waals surface area contributed by atoms with E-state index >= 15 is 0 Å². The molecule has 21 heavy (non-hydrogen) atoms. The molecule has 2 aromatic carbocycles. The smallest absolute Gasteiger partial charge is 0.270 e. The minimum absolute atomic E-state index is 0.0255. The van der Waals surface area contributed by atoms with Gasteiger partial charge >= 0.3 is 0 Å². The molecule has 0 aliphatic rings. The number of alkyl halides is 1. The topological polar surface area (TPSA) is 52.4 Å². The molecule has 0 bridgehead atoms. The lowest BCUT2D eigenvalue weighted by Crippen LogP contribution is -1.99. The number of nitrogens with zero attached hydrogens (tertiary/aromatic N) is 1. The van der Waals surface area contributed by atoms with Gasteiger partial charge in [-0.05, 0) is 24.3 Å². The summed E-state index contributed by atoms with van der Waals surface area (Å²) < 4.78 is 5.69. The van der Waals surface area contributed by atoms with Crippen LogP contribution in [0.25, 0.3) is 0 Å². The van der Waals surface area contributed by atoms with Crippen LogP contribution in [-0.2, 0) is 11.9 Å². The molecular formula is C14H10BrCl2NO3. The number of rotatable bonds is 5. The maximum Gasteiger partial charge on any atom is 0.270 e. The zero-order chi connectivity index (χ0) is 15.4. The van der Waals surface area contributed by atoms with Gasteiger partial charge in [0.2, 0.25) is 0 Å². The summed E-state index contributed by atoms with van der Waals surface area (Å²) in [6.07, 6.45) is 0. The normalized spacial score (nSPS) is 10.4. The van der Waals surface area contributed by atoms with Crippen LogP contribution in [0.5, 0.6) is 5.75 Å². The van der Waals surface area contributed by atoms with Crippen LogP contribution in [0.2, 0.25) is 10.0 Å². The fourth-order valence-corrected chi connectivity index (χ4v) is 2.54. The Balaban J connectivity index is 2.19. The zero-order valence-corrected chi connectivity index (χ0v) is 13.8. The van der Waals surface area contributed by atoms with Gasteiger partial charge in [0.1, 0.15) is 12.4 Å². The molecule has 0 aliphatic carbocycles. The number of non-ortho nitro benzene ring substituents is 1. The van der Waals surface area contributed by atoms with Crippen molar-refractivity contribution >= 4 is 44.8 Å². The van der Waals surface area contributed by atoms with Gasteiger partial charge < -0.3 is 4.74 Å². The van der Waals surface area contributed by atoms with E-state index in [1.54, 1.807) is 24.3 Å². The molecule has 0 radical (unpaired) electrons. The molecule has 0 amide bonds. The average molecular weight is 391 g/mol. The van der Waals surface area contributed by atoms with E-state index in [2.05, 4.69) is 15.9 Å². The molecule has 0 atom stereocenters. The van der Waals surface area contributed by atoms with Gasteiger partial charge in [-0.25, -0.2) is 0 Å². The number of hydrogen-bond acceptors (Lipinski definition) is 3. The number of benzene rings is 2. The highest BCUT2D eigenvalue weighted by molar-refractivity contribution is 9.08. The molecule has 110 valence electrons. The largest absolute Gasteiger partial charge is 0.489 e. The van der Waals surface area contributed by atoms with E-state index < -0.39 is 4.92 Å². The molecule has 2 rings (SSSR count). The lowest BCUT2D eigenvalue weighted by atomic mass is 10.2. The molecule has 0 aromatic heterocycles. The van der Waals surface area contributed by atoms with Crippen molar-refractivity contribution < 1.29 is 9.66 Å². The fraction of sp³-hybridized carbons (Fsp3) is 0.143. The first-order valence-electron chi connectivity index (χ1n) is 5.91. The molecule has 0 heterocycles. The van der Waals surface area contributed by atoms with Crippen molar-refractivity contribution in [3.8, 4) is 5.75 Å². The number of ether oxygens (including phenoxy) is 1. The van der Waals surface area contributed by atoms with Crippen molar-refractivity contribution in [3.63, 3.8) is 0 Å². The summed E-state index contributed by atoms with van der Waals surface area (Å²) in [6.45, 7) is 0.233. The van der Waals surface area contributed by atoms with Gasteiger partial charge in [0.25, 0.3) is 5.69 Å². The molecule has 2 aromatic rings. The molecule has 0 unspecified atom stereocenters. The highest BCUT2D eigenvalue weighted by Crippen LogP contribution is 2.28. The zero-order valence-electron chi connectivity index (χ0n) is 10.7. The Hall–Kier alpha value is -1.30. The molecule has 4 nitrogen and oxygen atoms in total. The second-order valence-electron chi connectivity index (χ2n) is 4.21. The van der Waals surface area contributed by atoms with E-state index in [0.29, 0.717) is 26.7 Å². The second-order valence-corrected chi connectivity index (χ2v) is 5.61. The van der Waals surface area contributed by atoms with Gasteiger partial charge in [0, 0.05) is 38.6 Å². The first-order chi connectivity index (χ1) is 10.0. The maximum absolute atomic E-state index is 10.8. The van der Waals surface area contributed by atoms with Gasteiger partial charge in [-0.1, -0.05) is 39.1 Å². The van der Waals surface area contributed by atoms with E-state index in [1.807, 2.05) is 0 Å². The predicted octanol–water partition coefficient (Wildman–Crippen LogP) is 5.38. The van der Waals surface area contributed by atoms with Crippen LogP contribution in [0.1, 0.15) is 11.1 Å². The first kappa shape index (κ1) is 16.1. The van der Waals surface area contributed by atoms with Crippen LogP contribution < -0.4 is 4.74 Å². The summed E-state index contributed by atoms with van der Waals surface area (Å²) in [6, 6.07) is 9.58. The molecule has 0 spiro atoms. The van der Waals surface area contributed by atoms with Gasteiger partial charge in [-0.2, -0.15) is 0 Å². The highest BCUT2D eigenvalue weighted by atomic mass is 79.9. The Kier molecular flexibility index (Phi) is 5.45. The number of hydrogen-bond donors (Lipinski definition) is 0. The minimum Gasteiger partial charge on any atom is -0.489 e. The van der Waals surface area contributed by atoms with Crippen molar-refractivity contribution in [1.82, 2.24) is 0 Å². The van der Waals surface area contributed by atoms with Gasteiger partial charge in [0.15, 0.2) is 0 Å². The molecular weight excluding hydrogens is 381 g/mol. The third kappa shape index (κ3) is 4.09. The molecule has 0 N–H and O–H groups in total.